The van der Waals surface area contributed by atoms with Crippen LogP contribution in [-0.2, 0) is 5.41 Å². The molecule has 0 saturated carbocycles. The molecule has 3 heterocycles. The monoisotopic (exact) mass is 786 g/mol. The summed E-state index contributed by atoms with van der Waals surface area (Å²) in [5.41, 5.74) is 13.8. The molecule has 12 rings (SSSR count). The minimum absolute atomic E-state index is 0.0598. The molecule has 8 aromatic carbocycles. The molecule has 1 N–H and O–H groups in total. The van der Waals surface area contributed by atoms with Gasteiger partial charge in [-0.1, -0.05) is 166 Å². The number of aliphatic imine (C=N–C) groups is 2. The first-order chi connectivity index (χ1) is 29.5. The Balaban J connectivity index is 0.967. The first-order valence-electron chi connectivity index (χ1n) is 20.5. The highest BCUT2D eigenvalue weighted by Crippen LogP contribution is 2.49. The van der Waals surface area contributed by atoms with Crippen molar-refractivity contribution in [1.82, 2.24) is 10.3 Å². The van der Waals surface area contributed by atoms with Crippen molar-refractivity contribution in [3.05, 3.63) is 210 Å². The quantitative estimate of drug-likeness (QED) is 0.177. The van der Waals surface area contributed by atoms with E-state index in [2.05, 4.69) is 195 Å². The fourth-order valence-corrected chi connectivity index (χ4v) is 10.7. The van der Waals surface area contributed by atoms with Crippen LogP contribution in [0, 0.1) is 0 Å². The highest BCUT2D eigenvalue weighted by Gasteiger charge is 2.35. The van der Waals surface area contributed by atoms with Gasteiger partial charge in [-0.15, -0.1) is 11.3 Å². The van der Waals surface area contributed by atoms with E-state index in [1.807, 2.05) is 17.4 Å². The number of aromatic nitrogens is 1. The van der Waals surface area contributed by atoms with Crippen LogP contribution in [0.3, 0.4) is 0 Å². The molecule has 4 nitrogen and oxygen atoms in total. The van der Waals surface area contributed by atoms with Gasteiger partial charge in [0.1, 0.15) is 11.7 Å². The molecule has 5 heteroatoms. The zero-order chi connectivity index (χ0) is 40.0. The van der Waals surface area contributed by atoms with Gasteiger partial charge in [-0.05, 0) is 69.3 Å². The Bertz CT molecular complexity index is 3430. The van der Waals surface area contributed by atoms with Crippen LogP contribution in [0.5, 0.6) is 0 Å². The fraction of sp³-hybridized carbons (Fsp3) is 0.0727. The molecule has 1 aliphatic heterocycles. The van der Waals surface area contributed by atoms with E-state index in [-0.39, 0.29) is 5.41 Å². The molecule has 1 unspecified atom stereocenters. The van der Waals surface area contributed by atoms with E-state index in [0.717, 1.165) is 50.7 Å². The standard InChI is InChI=1S/C55H38N4S/c1-55(2)45-22-11-9-20-39(45)43-32-38(24-28-46(43)55)54-58-52(34-16-7-4-8-17-34)57-53(59-54)37-19-13-18-35(30-37)36-25-29-48-44(31-36)40-26-27-42-49(51(40)60-48)41-21-10-12-23-47(41)56-50(42)33-14-5-3-6-15-33/h3-32,53H,1-2H3,(H,57,58,59). The second kappa shape index (κ2) is 13.4. The summed E-state index contributed by atoms with van der Waals surface area (Å²) in [6.45, 7) is 4.64. The third kappa shape index (κ3) is 5.46. The average molecular weight is 787 g/mol. The largest absolute Gasteiger partial charge is 0.324 e. The van der Waals surface area contributed by atoms with Gasteiger partial charge in [-0.25, -0.2) is 15.0 Å². The van der Waals surface area contributed by atoms with Crippen molar-refractivity contribution in [3.63, 3.8) is 0 Å². The molecule has 10 aromatic rings. The maximum absolute atomic E-state index is 5.33. The van der Waals surface area contributed by atoms with Gasteiger partial charge in [0.15, 0.2) is 6.17 Å². The molecule has 0 radical (unpaired) electrons. The topological polar surface area (TPSA) is 49.6 Å². The number of hydrogen-bond acceptors (Lipinski definition) is 5. The lowest BCUT2D eigenvalue weighted by atomic mass is 9.82. The number of rotatable bonds is 5. The molecule has 1 aliphatic carbocycles. The summed E-state index contributed by atoms with van der Waals surface area (Å²) >= 11 is 1.87. The molecule has 0 bridgehead atoms. The Morgan fingerprint density at radius 2 is 1.15 bits per heavy atom. The maximum atomic E-state index is 5.33. The van der Waals surface area contributed by atoms with E-state index in [4.69, 9.17) is 15.0 Å². The predicted octanol–water partition coefficient (Wildman–Crippen LogP) is 13.9. The number of fused-ring (bicyclic) bond motifs is 10. The Kier molecular flexibility index (Phi) is 7.78. The van der Waals surface area contributed by atoms with Crippen molar-refractivity contribution in [2.75, 3.05) is 0 Å². The second-order valence-electron chi connectivity index (χ2n) is 16.4. The minimum Gasteiger partial charge on any atom is -0.324 e. The van der Waals surface area contributed by atoms with Crippen LogP contribution >= 0.6 is 11.3 Å². The summed E-state index contributed by atoms with van der Waals surface area (Å²) in [5.74, 6) is 1.63. The van der Waals surface area contributed by atoms with Gasteiger partial charge >= 0.3 is 0 Å². The molecular formula is C55H38N4S. The van der Waals surface area contributed by atoms with E-state index < -0.39 is 6.17 Å². The van der Waals surface area contributed by atoms with Crippen molar-refractivity contribution < 1.29 is 0 Å². The number of para-hydroxylation sites is 1. The van der Waals surface area contributed by atoms with Gasteiger partial charge in [-0.2, -0.15) is 0 Å². The third-order valence-electron chi connectivity index (χ3n) is 12.5. The molecule has 0 fully saturated rings. The Hall–Kier alpha value is -7.21. The van der Waals surface area contributed by atoms with Gasteiger partial charge in [0, 0.05) is 58.4 Å². The van der Waals surface area contributed by atoms with E-state index >= 15 is 0 Å². The summed E-state index contributed by atoms with van der Waals surface area (Å²) < 4.78 is 2.56. The Morgan fingerprint density at radius 1 is 0.483 bits per heavy atom. The van der Waals surface area contributed by atoms with Crippen LogP contribution in [0.1, 0.15) is 47.8 Å². The summed E-state index contributed by atoms with van der Waals surface area (Å²) in [5, 5.41) is 9.79. The van der Waals surface area contributed by atoms with Crippen molar-refractivity contribution in [3.8, 4) is 33.5 Å². The van der Waals surface area contributed by atoms with Crippen LogP contribution in [0.2, 0.25) is 0 Å². The van der Waals surface area contributed by atoms with Gasteiger partial charge in [0.25, 0.3) is 0 Å². The van der Waals surface area contributed by atoms with Crippen LogP contribution in [-0.4, -0.2) is 16.7 Å². The first kappa shape index (κ1) is 34.8. The molecule has 60 heavy (non-hydrogen) atoms. The van der Waals surface area contributed by atoms with E-state index in [1.165, 1.54) is 64.1 Å². The second-order valence-corrected chi connectivity index (χ2v) is 17.5. The van der Waals surface area contributed by atoms with Crippen molar-refractivity contribution >= 4 is 64.9 Å². The third-order valence-corrected chi connectivity index (χ3v) is 13.7. The normalized spacial score (nSPS) is 15.5. The minimum atomic E-state index is -0.425. The van der Waals surface area contributed by atoms with Crippen LogP contribution in [0.25, 0.3) is 75.4 Å². The molecule has 2 aliphatic rings. The summed E-state index contributed by atoms with van der Waals surface area (Å²) in [6.07, 6.45) is -0.425. The molecule has 284 valence electrons. The lowest BCUT2D eigenvalue weighted by Gasteiger charge is -2.24. The number of nitrogens with zero attached hydrogens (tertiary/aromatic N) is 3. The Labute approximate surface area is 352 Å². The van der Waals surface area contributed by atoms with Gasteiger partial charge in [0.2, 0.25) is 0 Å². The number of thiophene rings is 1. The predicted molar refractivity (Wildman–Crippen MR) is 252 cm³/mol. The first-order valence-corrected chi connectivity index (χ1v) is 21.4. The van der Waals surface area contributed by atoms with Crippen molar-refractivity contribution in [2.24, 2.45) is 9.98 Å². The summed E-state index contributed by atoms with van der Waals surface area (Å²) in [4.78, 5) is 15.8. The number of hydrogen-bond donors (Lipinski definition) is 1. The number of pyridine rings is 1. The molecule has 0 spiro atoms. The number of amidine groups is 2. The number of benzene rings is 8. The van der Waals surface area contributed by atoms with E-state index in [1.54, 1.807) is 0 Å². The zero-order valence-electron chi connectivity index (χ0n) is 33.1. The van der Waals surface area contributed by atoms with Gasteiger partial charge in [-0.3, -0.25) is 0 Å². The highest BCUT2D eigenvalue weighted by atomic mass is 32.1. The number of nitrogens with one attached hydrogen (secondary N) is 1. The van der Waals surface area contributed by atoms with Crippen molar-refractivity contribution in [2.45, 2.75) is 25.4 Å². The molecule has 1 atom stereocenters. The zero-order valence-corrected chi connectivity index (χ0v) is 34.0. The van der Waals surface area contributed by atoms with E-state index in [0.29, 0.717) is 0 Å². The molecule has 0 saturated heterocycles. The Morgan fingerprint density at radius 3 is 2.00 bits per heavy atom. The van der Waals surface area contributed by atoms with Crippen LogP contribution in [0.15, 0.2) is 192 Å². The fourth-order valence-electron chi connectivity index (χ4n) is 9.50. The average Bonchev–Trinajstić information content (AvgIpc) is 3.80. The summed E-state index contributed by atoms with van der Waals surface area (Å²) in [6, 6.07) is 65.3. The highest BCUT2D eigenvalue weighted by molar-refractivity contribution is 7.26. The van der Waals surface area contributed by atoms with Crippen LogP contribution in [0.4, 0.5) is 0 Å². The van der Waals surface area contributed by atoms with Gasteiger partial charge in [0.05, 0.1) is 11.2 Å². The van der Waals surface area contributed by atoms with Gasteiger partial charge < -0.3 is 5.32 Å². The molecule has 0 amide bonds. The smallest absolute Gasteiger partial charge is 0.169 e. The maximum Gasteiger partial charge on any atom is 0.169 e. The van der Waals surface area contributed by atoms with E-state index in [9.17, 15) is 0 Å². The van der Waals surface area contributed by atoms with Crippen LogP contribution < -0.4 is 5.32 Å². The molecule has 2 aromatic heterocycles. The van der Waals surface area contributed by atoms with Crippen molar-refractivity contribution in [1.29, 1.82) is 0 Å². The lowest BCUT2D eigenvalue weighted by molar-refractivity contribution is 0.660. The SMILES string of the molecule is CC1(C)c2ccccc2-c2cc(C3=NC(c4cccc(-c5ccc6sc7c(ccc8c(-c9ccccc9)nc9ccccc9c87)c6c5)c4)N=C(c4ccccc4)N3)ccc21. The molecular weight excluding hydrogens is 749 g/mol. The summed E-state index contributed by atoms with van der Waals surface area (Å²) in [7, 11) is 0. The lowest BCUT2D eigenvalue weighted by Crippen LogP contribution is -2.36.